The van der Waals surface area contributed by atoms with Crippen molar-refractivity contribution >= 4 is 5.97 Å². The van der Waals surface area contributed by atoms with Crippen molar-refractivity contribution in [1.82, 2.24) is 25.2 Å². The fourth-order valence-electron chi connectivity index (χ4n) is 4.19. The van der Waals surface area contributed by atoms with E-state index in [1.54, 1.807) is 11.7 Å². The van der Waals surface area contributed by atoms with E-state index in [0.717, 1.165) is 42.9 Å². The largest absolute Gasteiger partial charge is 0.493 e. The first-order valence-corrected chi connectivity index (χ1v) is 10.5. The Morgan fingerprint density at radius 1 is 1.37 bits per heavy atom. The van der Waals surface area contributed by atoms with Crippen molar-refractivity contribution in [3.05, 3.63) is 41.2 Å². The summed E-state index contributed by atoms with van der Waals surface area (Å²) in [6, 6.07) is 5.56. The molecule has 8 nitrogen and oxygen atoms in total. The number of rotatable bonds is 7. The van der Waals surface area contributed by atoms with Crippen molar-refractivity contribution in [1.29, 1.82) is 0 Å². The van der Waals surface area contributed by atoms with Crippen LogP contribution in [-0.4, -0.2) is 69.9 Å². The van der Waals surface area contributed by atoms with E-state index >= 15 is 0 Å². The van der Waals surface area contributed by atoms with Crippen LogP contribution in [0.1, 0.15) is 42.1 Å². The monoisotopic (exact) mass is 417 g/mol. The van der Waals surface area contributed by atoms with Gasteiger partial charge in [-0.3, -0.25) is 9.69 Å². The van der Waals surface area contributed by atoms with E-state index in [1.165, 1.54) is 0 Å². The number of nitrogens with zero attached hydrogens (tertiary/aromatic N) is 4. The van der Waals surface area contributed by atoms with Crippen LogP contribution in [0.2, 0.25) is 0 Å². The summed E-state index contributed by atoms with van der Waals surface area (Å²) in [5.41, 5.74) is 2.84. The van der Waals surface area contributed by atoms with Crippen LogP contribution < -0.4 is 10.1 Å². The van der Waals surface area contributed by atoms with Crippen LogP contribution in [0, 0.1) is 0 Å². The summed E-state index contributed by atoms with van der Waals surface area (Å²) in [5, 5.41) is 20.4. The van der Waals surface area contributed by atoms with E-state index in [4.69, 9.17) is 4.74 Å². The molecule has 0 aliphatic carbocycles. The van der Waals surface area contributed by atoms with E-state index < -0.39 is 18.2 Å². The molecule has 2 aromatic rings. The maximum Gasteiger partial charge on any atom is 0.321 e. The maximum absolute atomic E-state index is 13.4. The molecule has 1 saturated heterocycles. The van der Waals surface area contributed by atoms with Gasteiger partial charge in [-0.25, -0.2) is 9.07 Å². The molecule has 2 N–H and O–H groups in total. The molecule has 1 aromatic heterocycles. The van der Waals surface area contributed by atoms with Gasteiger partial charge in [-0.05, 0) is 31.5 Å². The van der Waals surface area contributed by atoms with E-state index in [2.05, 4.69) is 38.7 Å². The second kappa shape index (κ2) is 9.09. The van der Waals surface area contributed by atoms with Gasteiger partial charge in [-0.2, -0.15) is 0 Å². The molecule has 2 aliphatic heterocycles. The Labute approximate surface area is 175 Å². The van der Waals surface area contributed by atoms with Crippen LogP contribution in [0.15, 0.2) is 24.4 Å². The van der Waals surface area contributed by atoms with Gasteiger partial charge < -0.3 is 15.2 Å². The third-order valence-corrected chi connectivity index (χ3v) is 5.95. The normalized spacial score (nSPS) is 21.1. The van der Waals surface area contributed by atoms with Crippen LogP contribution in [0.3, 0.4) is 0 Å². The van der Waals surface area contributed by atoms with Gasteiger partial charge in [0.15, 0.2) is 0 Å². The molecule has 1 fully saturated rings. The zero-order chi connectivity index (χ0) is 21.1. The molecule has 1 aromatic carbocycles. The van der Waals surface area contributed by atoms with Crippen molar-refractivity contribution in [3.63, 3.8) is 0 Å². The Morgan fingerprint density at radius 3 is 2.90 bits per heavy atom. The summed E-state index contributed by atoms with van der Waals surface area (Å²) in [5.74, 6) is -0.0634. The lowest BCUT2D eigenvalue weighted by Crippen LogP contribution is -2.35. The molecule has 162 valence electrons. The molecule has 0 spiro atoms. The summed E-state index contributed by atoms with van der Waals surface area (Å²) in [6.07, 6.45) is 3.41. The van der Waals surface area contributed by atoms with E-state index in [-0.39, 0.29) is 12.5 Å². The van der Waals surface area contributed by atoms with Crippen molar-refractivity contribution < 1.29 is 19.0 Å². The van der Waals surface area contributed by atoms with E-state index in [1.807, 2.05) is 6.20 Å². The van der Waals surface area contributed by atoms with Crippen LogP contribution in [0.5, 0.6) is 5.75 Å². The summed E-state index contributed by atoms with van der Waals surface area (Å²) in [6.45, 7) is 2.95. The molecule has 0 radical (unpaired) electrons. The number of hydrogen-bond donors (Lipinski definition) is 2. The molecular formula is C21H28FN5O3. The van der Waals surface area contributed by atoms with Crippen LogP contribution >= 0.6 is 0 Å². The molecule has 0 amide bonds. The van der Waals surface area contributed by atoms with E-state index in [0.29, 0.717) is 25.1 Å². The van der Waals surface area contributed by atoms with Gasteiger partial charge in [0.05, 0.1) is 18.3 Å². The highest BCUT2D eigenvalue weighted by molar-refractivity contribution is 5.73. The molecule has 30 heavy (non-hydrogen) atoms. The SMILES string of the molecule is CN[C@H](Cc1cn([C@@H]2CCOc3cc(CN4CCC(F)CC4)ccc32)nn1)C(=O)O. The third-order valence-electron chi connectivity index (χ3n) is 5.95. The first-order valence-electron chi connectivity index (χ1n) is 10.5. The lowest BCUT2D eigenvalue weighted by Gasteiger charge is -2.30. The van der Waals surface area contributed by atoms with E-state index in [9.17, 15) is 14.3 Å². The topological polar surface area (TPSA) is 92.5 Å². The lowest BCUT2D eigenvalue weighted by molar-refractivity contribution is -0.139. The Bertz CT molecular complexity index is 881. The molecular weight excluding hydrogens is 389 g/mol. The van der Waals surface area contributed by atoms with Gasteiger partial charge in [0.2, 0.25) is 0 Å². The van der Waals surface area contributed by atoms with Gasteiger partial charge in [0.25, 0.3) is 0 Å². The number of ether oxygens (including phenoxy) is 1. The lowest BCUT2D eigenvalue weighted by atomic mass is 9.98. The number of likely N-dealkylation sites (tertiary alicyclic amines) is 1. The smallest absolute Gasteiger partial charge is 0.321 e. The van der Waals surface area contributed by atoms with Gasteiger partial charge in [0.1, 0.15) is 18.0 Å². The first-order chi connectivity index (χ1) is 14.5. The van der Waals surface area contributed by atoms with Crippen molar-refractivity contribution in [3.8, 4) is 5.75 Å². The average Bonchev–Trinajstić information content (AvgIpc) is 3.21. The molecule has 2 atom stereocenters. The highest BCUT2D eigenvalue weighted by atomic mass is 19.1. The van der Waals surface area contributed by atoms with Crippen LogP contribution in [0.4, 0.5) is 4.39 Å². The van der Waals surface area contributed by atoms with Gasteiger partial charge >= 0.3 is 5.97 Å². The number of nitrogens with one attached hydrogen (secondary N) is 1. The zero-order valence-electron chi connectivity index (χ0n) is 17.1. The Balaban J connectivity index is 1.47. The quantitative estimate of drug-likeness (QED) is 0.710. The second-order valence-electron chi connectivity index (χ2n) is 8.05. The van der Waals surface area contributed by atoms with Crippen molar-refractivity contribution in [2.75, 3.05) is 26.7 Å². The number of carbonyl (C=O) groups is 1. The number of benzene rings is 1. The molecule has 3 heterocycles. The van der Waals surface area contributed by atoms with Crippen LogP contribution in [0.25, 0.3) is 0 Å². The second-order valence-corrected chi connectivity index (χ2v) is 8.05. The van der Waals surface area contributed by atoms with Gasteiger partial charge in [-0.1, -0.05) is 17.3 Å². The summed E-state index contributed by atoms with van der Waals surface area (Å²) < 4.78 is 21.1. The highest BCUT2D eigenvalue weighted by Crippen LogP contribution is 2.35. The summed E-state index contributed by atoms with van der Waals surface area (Å²) in [7, 11) is 1.62. The summed E-state index contributed by atoms with van der Waals surface area (Å²) in [4.78, 5) is 13.5. The van der Waals surface area contributed by atoms with Gasteiger partial charge in [0, 0.05) is 44.2 Å². The molecule has 0 unspecified atom stereocenters. The Morgan fingerprint density at radius 2 is 2.17 bits per heavy atom. The highest BCUT2D eigenvalue weighted by Gasteiger charge is 2.26. The Kier molecular flexibility index (Phi) is 6.29. The number of likely N-dealkylation sites (N-methyl/N-ethyl adjacent to an activating group) is 1. The standard InChI is InChI=1S/C21H28FN5O3/c1-23-18(21(28)29)11-16-13-27(25-24-16)19-6-9-30-20-10-14(2-3-17(19)20)12-26-7-4-15(22)5-8-26/h2-3,10,13,15,18-19,23H,4-9,11-12H2,1H3,(H,28,29)/t18-,19-/m1/s1. The number of alkyl halides is 1. The molecule has 0 bridgehead atoms. The number of carboxylic acids is 1. The summed E-state index contributed by atoms with van der Waals surface area (Å²) >= 11 is 0. The minimum Gasteiger partial charge on any atom is -0.493 e. The number of hydrogen-bond acceptors (Lipinski definition) is 6. The fraction of sp³-hybridized carbons (Fsp3) is 0.571. The molecule has 9 heteroatoms. The predicted octanol–water partition coefficient (Wildman–Crippen LogP) is 1.80. The molecule has 0 saturated carbocycles. The zero-order valence-corrected chi connectivity index (χ0v) is 17.1. The number of carboxylic acid groups (broad SMARTS) is 1. The predicted molar refractivity (Wildman–Crippen MR) is 108 cm³/mol. The molecule has 2 aliphatic rings. The number of piperidine rings is 1. The average molecular weight is 417 g/mol. The minimum atomic E-state index is -0.910. The first kappa shape index (κ1) is 20.7. The minimum absolute atomic E-state index is 0.00389. The fourth-order valence-corrected chi connectivity index (χ4v) is 4.19. The van der Waals surface area contributed by atoms with Gasteiger partial charge in [-0.15, -0.1) is 5.10 Å². The molecule has 4 rings (SSSR count). The number of aliphatic carboxylic acids is 1. The van der Waals surface area contributed by atoms with Crippen LogP contribution in [-0.2, 0) is 17.8 Å². The Hall–Kier alpha value is -2.52. The van der Waals surface area contributed by atoms with Crippen molar-refractivity contribution in [2.24, 2.45) is 0 Å². The maximum atomic E-state index is 13.4. The third kappa shape index (κ3) is 4.62. The number of fused-ring (bicyclic) bond motifs is 1. The number of halogens is 1. The van der Waals surface area contributed by atoms with Crippen molar-refractivity contribution in [2.45, 2.75) is 50.5 Å². The number of aromatic nitrogens is 3.